The smallest absolute Gasteiger partial charge is 0.243 e. The normalized spacial score (nSPS) is 15.7. The summed E-state index contributed by atoms with van der Waals surface area (Å²) in [6, 6.07) is 13.1. The molecule has 1 amide bonds. The molecule has 1 saturated heterocycles. The van der Waals surface area contributed by atoms with E-state index in [9.17, 15) is 18.0 Å². The number of benzene rings is 2. The van der Waals surface area contributed by atoms with Crippen molar-refractivity contribution in [2.75, 3.05) is 25.5 Å². The largest absolute Gasteiger partial charge is 0.495 e. The highest BCUT2D eigenvalue weighted by atomic mass is 32.2. The molecule has 0 saturated carbocycles. The zero-order valence-electron chi connectivity index (χ0n) is 16.4. The van der Waals surface area contributed by atoms with Crippen molar-refractivity contribution in [1.29, 1.82) is 0 Å². The molecule has 0 unspecified atom stereocenters. The summed E-state index contributed by atoms with van der Waals surface area (Å²) in [6.07, 6.45) is 0.873. The van der Waals surface area contributed by atoms with Crippen LogP contribution in [0.3, 0.4) is 0 Å². The van der Waals surface area contributed by atoms with Gasteiger partial charge in [-0.25, -0.2) is 8.42 Å². The number of sulfonamides is 1. The van der Waals surface area contributed by atoms with Gasteiger partial charge < -0.3 is 10.1 Å². The molecule has 29 heavy (non-hydrogen) atoms. The van der Waals surface area contributed by atoms with Crippen molar-refractivity contribution >= 4 is 27.4 Å². The molecular formula is C21H24N2O5S. The molecule has 0 spiro atoms. The summed E-state index contributed by atoms with van der Waals surface area (Å²) < 4.78 is 32.3. The van der Waals surface area contributed by atoms with Crippen LogP contribution in [0.1, 0.15) is 30.1 Å². The van der Waals surface area contributed by atoms with Gasteiger partial charge in [-0.2, -0.15) is 4.31 Å². The van der Waals surface area contributed by atoms with Crippen molar-refractivity contribution in [2.24, 2.45) is 5.92 Å². The quantitative estimate of drug-likeness (QED) is 0.731. The summed E-state index contributed by atoms with van der Waals surface area (Å²) in [6.45, 7) is 1.96. The van der Waals surface area contributed by atoms with E-state index in [1.165, 1.54) is 42.6 Å². The van der Waals surface area contributed by atoms with Crippen LogP contribution in [0.15, 0.2) is 53.4 Å². The number of nitrogens with one attached hydrogen (secondary N) is 1. The maximum atomic E-state index is 12.8. The molecule has 0 bridgehead atoms. The Bertz CT molecular complexity index is 994. The number of ether oxygens (including phenoxy) is 1. The number of methoxy groups -OCH3 is 1. The van der Waals surface area contributed by atoms with E-state index >= 15 is 0 Å². The molecule has 0 aromatic heterocycles. The van der Waals surface area contributed by atoms with Gasteiger partial charge in [-0.1, -0.05) is 24.3 Å². The number of hydrogen-bond donors (Lipinski definition) is 1. The van der Waals surface area contributed by atoms with Gasteiger partial charge in [0.1, 0.15) is 5.75 Å². The predicted octanol–water partition coefficient (Wildman–Crippen LogP) is 2.94. The molecule has 1 N–H and O–H groups in total. The van der Waals surface area contributed by atoms with E-state index in [2.05, 4.69) is 5.32 Å². The van der Waals surface area contributed by atoms with E-state index in [0.717, 1.165) is 0 Å². The molecule has 3 rings (SSSR count). The second kappa shape index (κ2) is 8.75. The van der Waals surface area contributed by atoms with E-state index in [0.29, 0.717) is 29.8 Å². The van der Waals surface area contributed by atoms with Gasteiger partial charge in [-0.15, -0.1) is 0 Å². The first-order chi connectivity index (χ1) is 13.8. The zero-order valence-corrected chi connectivity index (χ0v) is 17.2. The van der Waals surface area contributed by atoms with Crippen molar-refractivity contribution in [1.82, 2.24) is 4.31 Å². The highest BCUT2D eigenvalue weighted by Crippen LogP contribution is 2.27. The summed E-state index contributed by atoms with van der Waals surface area (Å²) >= 11 is 0. The number of para-hydroxylation sites is 2. The Morgan fingerprint density at radius 1 is 1.03 bits per heavy atom. The van der Waals surface area contributed by atoms with Gasteiger partial charge in [0.05, 0.1) is 17.7 Å². The summed E-state index contributed by atoms with van der Waals surface area (Å²) in [7, 11) is -2.11. The van der Waals surface area contributed by atoms with Crippen LogP contribution in [0, 0.1) is 5.92 Å². The molecule has 1 fully saturated rings. The first kappa shape index (κ1) is 21.0. The minimum Gasteiger partial charge on any atom is -0.495 e. The van der Waals surface area contributed by atoms with Gasteiger partial charge in [-0.05, 0) is 44.0 Å². The number of hydrogen-bond acceptors (Lipinski definition) is 5. The average molecular weight is 416 g/mol. The Labute approximate surface area is 170 Å². The summed E-state index contributed by atoms with van der Waals surface area (Å²) in [5.41, 5.74) is 1.07. The fourth-order valence-corrected chi connectivity index (χ4v) is 4.82. The summed E-state index contributed by atoms with van der Waals surface area (Å²) in [5.74, 6) is 0.0505. The molecule has 0 atom stereocenters. The van der Waals surface area contributed by atoms with Gasteiger partial charge >= 0.3 is 0 Å². The van der Waals surface area contributed by atoms with Crippen molar-refractivity contribution in [3.05, 3.63) is 54.1 Å². The van der Waals surface area contributed by atoms with E-state index in [4.69, 9.17) is 4.74 Å². The zero-order chi connectivity index (χ0) is 21.0. The van der Waals surface area contributed by atoms with Gasteiger partial charge in [0.25, 0.3) is 0 Å². The second-order valence-electron chi connectivity index (χ2n) is 6.95. The lowest BCUT2D eigenvalue weighted by molar-refractivity contribution is -0.120. The standard InChI is InChI=1S/C21H24N2O5S/c1-15(24)16-7-9-18(10-8-16)29(26,27)23-13-11-17(12-14-23)21(25)22-19-5-3-4-6-20(19)28-2/h3-10,17H,11-14H2,1-2H3,(H,22,25). The van der Waals surface area contributed by atoms with Crippen molar-refractivity contribution < 1.29 is 22.7 Å². The van der Waals surface area contributed by atoms with Crippen molar-refractivity contribution in [3.63, 3.8) is 0 Å². The Morgan fingerprint density at radius 3 is 2.24 bits per heavy atom. The third-order valence-corrected chi connectivity index (χ3v) is 7.00. The number of ketones is 1. The van der Waals surface area contributed by atoms with Crippen LogP contribution in [0.5, 0.6) is 5.75 Å². The Balaban J connectivity index is 1.63. The van der Waals surface area contributed by atoms with Crippen LogP contribution in [-0.4, -0.2) is 44.6 Å². The second-order valence-corrected chi connectivity index (χ2v) is 8.89. The van der Waals surface area contributed by atoms with Crippen LogP contribution >= 0.6 is 0 Å². The van der Waals surface area contributed by atoms with Gasteiger partial charge in [0.2, 0.25) is 15.9 Å². The predicted molar refractivity (Wildman–Crippen MR) is 110 cm³/mol. The van der Waals surface area contributed by atoms with Crippen molar-refractivity contribution in [3.8, 4) is 5.75 Å². The number of carbonyl (C=O) groups is 2. The minimum absolute atomic E-state index is 0.115. The van der Waals surface area contributed by atoms with Crippen LogP contribution < -0.4 is 10.1 Å². The molecule has 8 heteroatoms. The SMILES string of the molecule is COc1ccccc1NC(=O)C1CCN(S(=O)(=O)c2ccc(C(C)=O)cc2)CC1. The molecule has 7 nitrogen and oxygen atoms in total. The first-order valence-corrected chi connectivity index (χ1v) is 10.8. The number of piperidine rings is 1. The minimum atomic E-state index is -3.65. The molecule has 0 aliphatic carbocycles. The maximum absolute atomic E-state index is 12.8. The third-order valence-electron chi connectivity index (χ3n) is 5.09. The first-order valence-electron chi connectivity index (χ1n) is 9.38. The number of Topliss-reactive ketones (excluding diaryl/α,β-unsaturated/α-hetero) is 1. The summed E-state index contributed by atoms with van der Waals surface area (Å²) in [4.78, 5) is 24.1. The number of nitrogens with zero attached hydrogens (tertiary/aromatic N) is 1. The molecule has 1 aliphatic rings. The van der Waals surface area contributed by atoms with E-state index in [1.807, 2.05) is 12.1 Å². The fourth-order valence-electron chi connectivity index (χ4n) is 3.35. The lowest BCUT2D eigenvalue weighted by atomic mass is 9.97. The third kappa shape index (κ3) is 4.65. The van der Waals surface area contributed by atoms with Crippen molar-refractivity contribution in [2.45, 2.75) is 24.7 Å². The Morgan fingerprint density at radius 2 is 1.66 bits per heavy atom. The van der Waals surface area contributed by atoms with Crippen LogP contribution in [0.4, 0.5) is 5.69 Å². The molecule has 1 heterocycles. The van der Waals surface area contributed by atoms with Crippen LogP contribution in [0.2, 0.25) is 0 Å². The number of anilines is 1. The molecular weight excluding hydrogens is 392 g/mol. The van der Waals surface area contributed by atoms with E-state index < -0.39 is 10.0 Å². The van der Waals surface area contributed by atoms with E-state index in [1.54, 1.807) is 12.1 Å². The highest BCUT2D eigenvalue weighted by molar-refractivity contribution is 7.89. The van der Waals surface area contributed by atoms with Gasteiger partial charge in [0, 0.05) is 24.6 Å². The molecule has 2 aromatic carbocycles. The topological polar surface area (TPSA) is 92.8 Å². The maximum Gasteiger partial charge on any atom is 0.243 e. The number of amides is 1. The summed E-state index contributed by atoms with van der Waals surface area (Å²) in [5, 5.41) is 2.87. The van der Waals surface area contributed by atoms with Gasteiger partial charge in [-0.3, -0.25) is 9.59 Å². The van der Waals surface area contributed by atoms with Crippen LogP contribution in [0.25, 0.3) is 0 Å². The Kier molecular flexibility index (Phi) is 6.34. The van der Waals surface area contributed by atoms with Gasteiger partial charge in [0.15, 0.2) is 5.78 Å². The lowest BCUT2D eigenvalue weighted by Crippen LogP contribution is -2.41. The molecule has 1 aliphatic heterocycles. The monoisotopic (exact) mass is 416 g/mol. The fraction of sp³-hybridized carbons (Fsp3) is 0.333. The van der Waals surface area contributed by atoms with Crippen LogP contribution in [-0.2, 0) is 14.8 Å². The molecule has 154 valence electrons. The average Bonchev–Trinajstić information content (AvgIpc) is 2.74. The van der Waals surface area contributed by atoms with E-state index in [-0.39, 0.29) is 35.6 Å². The molecule has 2 aromatic rings. The highest BCUT2D eigenvalue weighted by Gasteiger charge is 2.32. The number of rotatable bonds is 6. The Hall–Kier alpha value is -2.71. The lowest BCUT2D eigenvalue weighted by Gasteiger charge is -2.30. The molecule has 0 radical (unpaired) electrons. The number of carbonyl (C=O) groups excluding carboxylic acids is 2.